The average molecular weight is 365 g/mol. The van der Waals surface area contributed by atoms with E-state index in [1.165, 1.54) is 28.9 Å². The Bertz CT molecular complexity index is 1140. The predicted octanol–water partition coefficient (Wildman–Crippen LogP) is 3.57. The second-order valence-electron chi connectivity index (χ2n) is 5.79. The summed E-state index contributed by atoms with van der Waals surface area (Å²) >= 11 is 5.91. The molecule has 26 heavy (non-hydrogen) atoms. The molecule has 2 heterocycles. The Kier molecular flexibility index (Phi) is 3.82. The second kappa shape index (κ2) is 6.16. The highest BCUT2D eigenvalue weighted by Gasteiger charge is 2.16. The van der Waals surface area contributed by atoms with Crippen molar-refractivity contribution in [3.05, 3.63) is 77.1 Å². The highest BCUT2D eigenvalue weighted by molar-refractivity contribution is 6.30. The van der Waals surface area contributed by atoms with Crippen molar-refractivity contribution >= 4 is 28.7 Å². The number of ketones is 1. The fraction of sp³-hybridized carbons (Fsp3) is 0. The number of hydrogen-bond donors (Lipinski definition) is 2. The van der Waals surface area contributed by atoms with E-state index in [1.807, 2.05) is 18.2 Å². The fourth-order valence-corrected chi connectivity index (χ4v) is 2.77. The third-order valence-electron chi connectivity index (χ3n) is 3.98. The molecule has 4 rings (SSSR count). The van der Waals surface area contributed by atoms with Crippen molar-refractivity contribution in [2.75, 3.05) is 5.73 Å². The van der Waals surface area contributed by atoms with Gasteiger partial charge in [0.1, 0.15) is 5.75 Å². The number of aromatic nitrogens is 3. The number of phenolic OH excluding ortho intramolecular Hbond substituents is 1. The van der Waals surface area contributed by atoms with Gasteiger partial charge in [-0.3, -0.25) is 4.79 Å². The summed E-state index contributed by atoms with van der Waals surface area (Å²) < 4.78 is 1.53. The molecule has 3 N–H and O–H groups in total. The number of nitrogens with two attached hydrogens (primary N) is 1. The van der Waals surface area contributed by atoms with Crippen molar-refractivity contribution in [3.63, 3.8) is 0 Å². The quantitative estimate of drug-likeness (QED) is 0.329. The van der Waals surface area contributed by atoms with Crippen LogP contribution in [0.5, 0.6) is 5.75 Å². The summed E-state index contributed by atoms with van der Waals surface area (Å²) in [6.07, 6.45) is 3.03. The van der Waals surface area contributed by atoms with E-state index >= 15 is 0 Å². The number of phenols is 1. The number of nitrogens with zero attached hydrogens (tertiary/aromatic N) is 3. The molecule has 0 fully saturated rings. The van der Waals surface area contributed by atoms with E-state index in [-0.39, 0.29) is 17.1 Å². The van der Waals surface area contributed by atoms with Gasteiger partial charge in [-0.2, -0.15) is 5.10 Å². The molecule has 0 radical (unpaired) electrons. The number of hydrogen-bond acceptors (Lipinski definition) is 5. The first-order valence-corrected chi connectivity index (χ1v) is 8.13. The van der Waals surface area contributed by atoms with E-state index < -0.39 is 0 Å². The number of rotatable bonds is 3. The average Bonchev–Trinajstić information content (AvgIpc) is 3.07. The van der Waals surface area contributed by atoms with Crippen LogP contribution in [0.15, 0.2) is 60.9 Å². The SMILES string of the molecule is Nc1ccc(O)c(C(=O)c2cnc3cc(-c4ccc(Cl)cc4)nn3c2)c1. The zero-order chi connectivity index (χ0) is 18.3. The lowest BCUT2D eigenvalue weighted by Crippen LogP contribution is -2.05. The van der Waals surface area contributed by atoms with Crippen molar-refractivity contribution in [1.29, 1.82) is 0 Å². The van der Waals surface area contributed by atoms with Crippen LogP contribution in [-0.2, 0) is 0 Å². The summed E-state index contributed by atoms with van der Waals surface area (Å²) in [5.74, 6) is -0.514. The van der Waals surface area contributed by atoms with Gasteiger partial charge < -0.3 is 10.8 Å². The Balaban J connectivity index is 1.74. The van der Waals surface area contributed by atoms with Crippen LogP contribution in [0.25, 0.3) is 16.9 Å². The summed E-state index contributed by atoms with van der Waals surface area (Å²) in [5.41, 5.74) is 8.72. The molecule has 0 aliphatic heterocycles. The molecule has 7 heteroatoms. The highest BCUT2D eigenvalue weighted by atomic mass is 35.5. The van der Waals surface area contributed by atoms with Crippen molar-refractivity contribution in [2.45, 2.75) is 0 Å². The van der Waals surface area contributed by atoms with E-state index in [0.717, 1.165) is 5.56 Å². The van der Waals surface area contributed by atoms with Crippen LogP contribution in [-0.4, -0.2) is 25.5 Å². The Morgan fingerprint density at radius 2 is 1.88 bits per heavy atom. The summed E-state index contributed by atoms with van der Waals surface area (Å²) in [6, 6.07) is 13.5. The molecule has 0 amide bonds. The normalized spacial score (nSPS) is 11.0. The van der Waals surface area contributed by atoms with E-state index in [9.17, 15) is 9.90 Å². The summed E-state index contributed by atoms with van der Waals surface area (Å²) in [6.45, 7) is 0. The van der Waals surface area contributed by atoms with Crippen LogP contribution in [0.4, 0.5) is 5.69 Å². The third kappa shape index (κ3) is 2.87. The number of fused-ring (bicyclic) bond motifs is 1. The lowest BCUT2D eigenvalue weighted by Gasteiger charge is -2.05. The molecule has 2 aromatic carbocycles. The standard InChI is InChI=1S/C19H13ClN4O2/c20-13-3-1-11(2-4-13)16-8-18-22-9-12(10-24(18)23-16)19(26)15-7-14(21)5-6-17(15)25/h1-10,25H,21H2. The highest BCUT2D eigenvalue weighted by Crippen LogP contribution is 2.24. The van der Waals surface area contributed by atoms with Gasteiger partial charge in [0.05, 0.1) is 16.8 Å². The van der Waals surface area contributed by atoms with Crippen LogP contribution in [0, 0.1) is 0 Å². The number of aromatic hydroxyl groups is 1. The third-order valence-corrected chi connectivity index (χ3v) is 4.23. The number of nitrogen functional groups attached to an aromatic ring is 1. The zero-order valence-electron chi connectivity index (χ0n) is 13.4. The lowest BCUT2D eigenvalue weighted by atomic mass is 10.0. The molecule has 0 saturated carbocycles. The molecule has 0 unspecified atom stereocenters. The van der Waals surface area contributed by atoms with Gasteiger partial charge in [0.15, 0.2) is 11.4 Å². The van der Waals surface area contributed by atoms with Gasteiger partial charge in [0.25, 0.3) is 0 Å². The minimum Gasteiger partial charge on any atom is -0.507 e. The number of anilines is 1. The predicted molar refractivity (Wildman–Crippen MR) is 99.4 cm³/mol. The van der Waals surface area contributed by atoms with Gasteiger partial charge in [0, 0.05) is 34.7 Å². The van der Waals surface area contributed by atoms with E-state index in [2.05, 4.69) is 10.1 Å². The Hall–Kier alpha value is -3.38. The Morgan fingerprint density at radius 1 is 1.12 bits per heavy atom. The molecular formula is C19H13ClN4O2. The molecule has 0 bridgehead atoms. The number of halogens is 1. The van der Waals surface area contributed by atoms with Crippen LogP contribution in [0.2, 0.25) is 5.02 Å². The van der Waals surface area contributed by atoms with Gasteiger partial charge in [-0.25, -0.2) is 9.50 Å². The maximum atomic E-state index is 12.7. The molecule has 4 aromatic rings. The van der Waals surface area contributed by atoms with Gasteiger partial charge in [-0.15, -0.1) is 0 Å². The van der Waals surface area contributed by atoms with Crippen LogP contribution < -0.4 is 5.73 Å². The van der Waals surface area contributed by atoms with Gasteiger partial charge in [-0.1, -0.05) is 23.7 Å². The molecule has 0 atom stereocenters. The molecule has 2 aromatic heterocycles. The first-order chi connectivity index (χ1) is 12.5. The molecule has 0 saturated heterocycles. The molecule has 6 nitrogen and oxygen atoms in total. The van der Waals surface area contributed by atoms with Crippen molar-refractivity contribution < 1.29 is 9.90 Å². The number of carbonyl (C=O) groups excluding carboxylic acids is 1. The largest absolute Gasteiger partial charge is 0.507 e. The van der Waals surface area contributed by atoms with Gasteiger partial charge >= 0.3 is 0 Å². The first-order valence-electron chi connectivity index (χ1n) is 7.76. The lowest BCUT2D eigenvalue weighted by molar-refractivity contribution is 0.103. The molecule has 0 spiro atoms. The molecule has 128 valence electrons. The first kappa shape index (κ1) is 16.1. The molecular weight excluding hydrogens is 352 g/mol. The van der Waals surface area contributed by atoms with Crippen LogP contribution in [0.3, 0.4) is 0 Å². The summed E-state index contributed by atoms with van der Waals surface area (Å²) in [7, 11) is 0. The topological polar surface area (TPSA) is 93.5 Å². The zero-order valence-corrected chi connectivity index (χ0v) is 14.2. The van der Waals surface area contributed by atoms with Gasteiger partial charge in [0.2, 0.25) is 0 Å². The summed E-state index contributed by atoms with van der Waals surface area (Å²) in [4.78, 5) is 17.0. The Morgan fingerprint density at radius 3 is 2.65 bits per heavy atom. The van der Waals surface area contributed by atoms with Crippen molar-refractivity contribution in [2.24, 2.45) is 0 Å². The fourth-order valence-electron chi connectivity index (χ4n) is 2.65. The minimum atomic E-state index is -0.382. The van der Waals surface area contributed by atoms with Crippen molar-refractivity contribution in [1.82, 2.24) is 14.6 Å². The number of benzene rings is 2. The second-order valence-corrected chi connectivity index (χ2v) is 6.22. The molecule has 0 aliphatic rings. The van der Waals surface area contributed by atoms with E-state index in [1.54, 1.807) is 18.3 Å². The number of carbonyl (C=O) groups is 1. The Labute approximate surface area is 153 Å². The van der Waals surface area contributed by atoms with Crippen LogP contribution >= 0.6 is 11.6 Å². The minimum absolute atomic E-state index is 0.122. The van der Waals surface area contributed by atoms with E-state index in [4.69, 9.17) is 17.3 Å². The molecule has 0 aliphatic carbocycles. The van der Waals surface area contributed by atoms with Crippen LogP contribution in [0.1, 0.15) is 15.9 Å². The smallest absolute Gasteiger partial charge is 0.199 e. The maximum absolute atomic E-state index is 12.7. The van der Waals surface area contributed by atoms with E-state index in [0.29, 0.717) is 27.6 Å². The van der Waals surface area contributed by atoms with Crippen molar-refractivity contribution in [3.8, 4) is 17.0 Å². The summed E-state index contributed by atoms with van der Waals surface area (Å²) in [5, 5.41) is 15.0. The maximum Gasteiger partial charge on any atom is 0.199 e. The van der Waals surface area contributed by atoms with Gasteiger partial charge in [-0.05, 0) is 30.3 Å². The monoisotopic (exact) mass is 364 g/mol.